The van der Waals surface area contributed by atoms with Crippen LogP contribution in [0, 0.1) is 0 Å². The number of nitrogen functional groups attached to an aromatic ring is 1. The summed E-state index contributed by atoms with van der Waals surface area (Å²) >= 11 is 0. The first-order valence-electron chi connectivity index (χ1n) is 20.4. The molecule has 0 aromatic heterocycles. The number of amides is 3. The first kappa shape index (κ1) is 46.7. The van der Waals surface area contributed by atoms with Crippen molar-refractivity contribution in [3.8, 4) is 23.0 Å². The maximum atomic E-state index is 13.7. The molecule has 0 spiro atoms. The molecular weight excluding hydrogens is 777 g/mol. The molecule has 4 N–H and O–H groups in total. The average molecular weight is 845 g/mol. The Kier molecular flexibility index (Phi) is 15.2. The van der Waals surface area contributed by atoms with Gasteiger partial charge in [0.25, 0.3) is 11.8 Å². The molecule has 0 radical (unpaired) electrons. The number of likely N-dealkylation sites (tertiary alicyclic amines) is 2. The number of carboxylic acid groups (broad SMARTS) is 1. The maximum absolute atomic E-state index is 13.7. The van der Waals surface area contributed by atoms with Crippen LogP contribution in [0.15, 0.2) is 24.3 Å². The van der Waals surface area contributed by atoms with E-state index in [1.54, 1.807) is 17.0 Å². The van der Waals surface area contributed by atoms with Crippen LogP contribution < -0.4 is 30.0 Å². The Hall–Kier alpha value is -4.00. The molecule has 2 aromatic rings. The molecule has 14 nitrogen and oxygen atoms in total. The zero-order valence-corrected chi connectivity index (χ0v) is 38.8. The number of nitrogens with one attached hydrogen (secondary N) is 1. The van der Waals surface area contributed by atoms with E-state index >= 15 is 0 Å². The minimum atomic E-state index is -2.01. The molecule has 324 valence electrons. The van der Waals surface area contributed by atoms with E-state index in [4.69, 9.17) is 33.5 Å². The Morgan fingerprint density at radius 1 is 0.707 bits per heavy atom. The second-order valence-electron chi connectivity index (χ2n) is 18.4. The van der Waals surface area contributed by atoms with Crippen molar-refractivity contribution in [2.45, 2.75) is 122 Å². The fourth-order valence-corrected chi connectivity index (χ4v) is 8.20. The Morgan fingerprint density at radius 2 is 1.14 bits per heavy atom. The third-order valence-corrected chi connectivity index (χ3v) is 21.3. The number of anilines is 2. The molecule has 58 heavy (non-hydrogen) atoms. The van der Waals surface area contributed by atoms with Crippen molar-refractivity contribution < 1.29 is 47.3 Å². The van der Waals surface area contributed by atoms with Gasteiger partial charge in [-0.3, -0.25) is 14.9 Å². The van der Waals surface area contributed by atoms with E-state index in [0.717, 1.165) is 19.3 Å². The molecule has 2 aliphatic rings. The number of benzene rings is 2. The SMILES string of the molecule is COc1cc(C(=O)N2CCC2CO[Si](C)(C)C(C)(C)C)c(N)cc1OCCCCCOc1cc(NC(=O)O)c(C(=O)N2CCC2CO[Si](C)(C)C(C)(C)C)cc1OC. The third kappa shape index (κ3) is 11.2. The zero-order valence-electron chi connectivity index (χ0n) is 36.8. The van der Waals surface area contributed by atoms with Crippen LogP contribution in [0.25, 0.3) is 0 Å². The predicted octanol–water partition coefficient (Wildman–Crippen LogP) is 8.48. The molecule has 0 bridgehead atoms. The number of hydrogen-bond donors (Lipinski definition) is 3. The lowest BCUT2D eigenvalue weighted by Gasteiger charge is -2.44. The van der Waals surface area contributed by atoms with E-state index in [2.05, 4.69) is 73.0 Å². The number of carbonyl (C=O) groups is 3. The molecule has 4 rings (SSSR count). The monoisotopic (exact) mass is 844 g/mol. The summed E-state index contributed by atoms with van der Waals surface area (Å²) in [7, 11) is -0.937. The first-order chi connectivity index (χ1) is 27.0. The van der Waals surface area contributed by atoms with Crippen LogP contribution >= 0.6 is 0 Å². The maximum Gasteiger partial charge on any atom is 0.409 e. The van der Waals surface area contributed by atoms with E-state index in [0.29, 0.717) is 86.6 Å². The Balaban J connectivity index is 1.29. The molecule has 16 heteroatoms. The second-order valence-corrected chi connectivity index (χ2v) is 28.0. The van der Waals surface area contributed by atoms with Gasteiger partial charge in [0.15, 0.2) is 39.6 Å². The van der Waals surface area contributed by atoms with Crippen molar-refractivity contribution in [1.82, 2.24) is 9.80 Å². The van der Waals surface area contributed by atoms with Crippen LogP contribution in [0.1, 0.15) is 94.4 Å². The summed E-state index contributed by atoms with van der Waals surface area (Å²) in [6.45, 7) is 24.8. The second kappa shape index (κ2) is 18.9. The Bertz CT molecular complexity index is 1780. The summed E-state index contributed by atoms with van der Waals surface area (Å²) in [6, 6.07) is 6.25. The summed E-state index contributed by atoms with van der Waals surface area (Å²) in [5.41, 5.74) is 7.41. The number of unbranched alkanes of at least 4 members (excludes halogenated alkanes) is 2. The van der Waals surface area contributed by atoms with Gasteiger partial charge in [-0.25, -0.2) is 4.79 Å². The fraction of sp³-hybridized carbons (Fsp3) is 0.643. The van der Waals surface area contributed by atoms with E-state index in [-0.39, 0.29) is 45.2 Å². The lowest BCUT2D eigenvalue weighted by molar-refractivity contribution is 0.0310. The molecule has 2 fully saturated rings. The van der Waals surface area contributed by atoms with E-state index in [1.807, 2.05) is 4.90 Å². The van der Waals surface area contributed by atoms with Crippen molar-refractivity contribution in [2.24, 2.45) is 0 Å². The summed E-state index contributed by atoms with van der Waals surface area (Å²) in [5, 5.41) is 12.1. The summed E-state index contributed by atoms with van der Waals surface area (Å²) in [4.78, 5) is 42.6. The van der Waals surface area contributed by atoms with E-state index < -0.39 is 22.7 Å². The van der Waals surface area contributed by atoms with Crippen LogP contribution in [0.5, 0.6) is 23.0 Å². The molecule has 0 aliphatic carbocycles. The fourth-order valence-electron chi connectivity index (χ4n) is 6.12. The molecule has 2 heterocycles. The molecule has 2 unspecified atom stereocenters. The highest BCUT2D eigenvalue weighted by molar-refractivity contribution is 6.74. The number of ether oxygens (including phenoxy) is 4. The molecule has 2 aromatic carbocycles. The van der Waals surface area contributed by atoms with Crippen molar-refractivity contribution in [3.05, 3.63) is 35.4 Å². The van der Waals surface area contributed by atoms with Crippen LogP contribution in [0.2, 0.25) is 36.3 Å². The van der Waals surface area contributed by atoms with Crippen molar-refractivity contribution in [2.75, 3.05) is 64.8 Å². The standard InChI is InChI=1S/C42H68N4O10Si2/c1-41(2,3)57(9,10)55-26-28-16-18-45(28)38(47)30-22-34(51-7)36(24-32(30)43)53-20-14-13-15-21-54-37-25-33(44-40(49)50)31(23-35(37)52-8)39(48)46-19-17-29(46)27-56-58(11,12)42(4,5)6/h22-25,28-29,44H,13-21,26-27,43H2,1-12H3,(H,49,50). The number of nitrogens with two attached hydrogens (primary N) is 1. The quantitative estimate of drug-likeness (QED) is 0.0704. The van der Waals surface area contributed by atoms with Gasteiger partial charge in [-0.15, -0.1) is 0 Å². The first-order valence-corrected chi connectivity index (χ1v) is 26.2. The Labute approximate surface area is 347 Å². The van der Waals surface area contributed by atoms with Gasteiger partial charge in [0.2, 0.25) is 0 Å². The highest BCUT2D eigenvalue weighted by atomic mass is 28.4. The zero-order chi connectivity index (χ0) is 43.2. The van der Waals surface area contributed by atoms with Gasteiger partial charge in [-0.2, -0.15) is 0 Å². The minimum absolute atomic E-state index is 0.0154. The summed E-state index contributed by atoms with van der Waals surface area (Å²) < 4.78 is 36.1. The lowest BCUT2D eigenvalue weighted by atomic mass is 10.0. The number of methoxy groups -OCH3 is 2. The predicted molar refractivity (Wildman–Crippen MR) is 232 cm³/mol. The van der Waals surface area contributed by atoms with Crippen LogP contribution in [0.3, 0.4) is 0 Å². The lowest BCUT2D eigenvalue weighted by Crippen LogP contribution is -2.55. The summed E-state index contributed by atoms with van der Waals surface area (Å²) in [6.07, 6.45) is 2.53. The van der Waals surface area contributed by atoms with Crippen molar-refractivity contribution in [3.63, 3.8) is 0 Å². The van der Waals surface area contributed by atoms with E-state index in [1.165, 1.54) is 26.4 Å². The van der Waals surface area contributed by atoms with Gasteiger partial charge in [0.1, 0.15) is 0 Å². The molecule has 2 aliphatic heterocycles. The molecular formula is C42H68N4O10Si2. The van der Waals surface area contributed by atoms with Crippen LogP contribution in [-0.2, 0) is 8.85 Å². The van der Waals surface area contributed by atoms with Crippen LogP contribution in [0.4, 0.5) is 16.2 Å². The number of hydrogen-bond acceptors (Lipinski definition) is 10. The largest absolute Gasteiger partial charge is 0.493 e. The highest BCUT2D eigenvalue weighted by Crippen LogP contribution is 2.40. The highest BCUT2D eigenvalue weighted by Gasteiger charge is 2.42. The van der Waals surface area contributed by atoms with Gasteiger partial charge in [-0.1, -0.05) is 41.5 Å². The molecule has 2 atom stereocenters. The van der Waals surface area contributed by atoms with E-state index in [9.17, 15) is 19.5 Å². The number of carbonyl (C=O) groups excluding carboxylic acids is 2. The molecule has 0 saturated carbocycles. The Morgan fingerprint density at radius 3 is 1.53 bits per heavy atom. The van der Waals surface area contributed by atoms with Crippen molar-refractivity contribution in [1.29, 1.82) is 0 Å². The van der Waals surface area contributed by atoms with Gasteiger partial charge < -0.3 is 48.4 Å². The van der Waals surface area contributed by atoms with Gasteiger partial charge in [-0.05, 0) is 80.5 Å². The van der Waals surface area contributed by atoms with Gasteiger partial charge in [0, 0.05) is 30.9 Å². The normalized spacial score (nSPS) is 17.2. The minimum Gasteiger partial charge on any atom is -0.493 e. The van der Waals surface area contributed by atoms with Crippen molar-refractivity contribution >= 4 is 45.9 Å². The smallest absolute Gasteiger partial charge is 0.409 e. The number of nitrogens with zero attached hydrogens (tertiary/aromatic N) is 2. The van der Waals surface area contributed by atoms with Crippen LogP contribution in [-0.4, -0.2) is 115 Å². The molecule has 3 amide bonds. The van der Waals surface area contributed by atoms with Gasteiger partial charge in [0.05, 0.1) is 69.5 Å². The van der Waals surface area contributed by atoms with Gasteiger partial charge >= 0.3 is 6.09 Å². The average Bonchev–Trinajstić information content (AvgIpc) is 3.09. The molecule has 2 saturated heterocycles. The topological polar surface area (TPSA) is 171 Å². The summed E-state index contributed by atoms with van der Waals surface area (Å²) in [5.74, 6) is 1.10. The number of rotatable bonds is 19. The third-order valence-electron chi connectivity index (χ3n) is 12.3.